The van der Waals surface area contributed by atoms with Gasteiger partial charge in [0.15, 0.2) is 0 Å². The van der Waals surface area contributed by atoms with Crippen molar-refractivity contribution in [3.63, 3.8) is 0 Å². The number of nitrogens with one attached hydrogen (secondary N) is 1. The van der Waals surface area contributed by atoms with Crippen LogP contribution in [-0.2, 0) is 11.3 Å². The van der Waals surface area contributed by atoms with E-state index in [9.17, 15) is 4.79 Å². The number of hydrogen-bond acceptors (Lipinski definition) is 3. The third-order valence-corrected chi connectivity index (χ3v) is 5.59. The Kier molecular flexibility index (Phi) is 6.03. The number of hydrogen-bond donors (Lipinski definition) is 1. The molecule has 5 nitrogen and oxygen atoms in total. The van der Waals surface area contributed by atoms with Crippen LogP contribution in [0.3, 0.4) is 0 Å². The monoisotopic (exact) mass is 370 g/mol. The van der Waals surface area contributed by atoms with Crippen molar-refractivity contribution in [1.29, 1.82) is 0 Å². The summed E-state index contributed by atoms with van der Waals surface area (Å²) in [6.07, 6.45) is 4.77. The number of halogens is 1. The van der Waals surface area contributed by atoms with Crippen LogP contribution in [0.4, 0.5) is 0 Å². The Morgan fingerprint density at radius 3 is 2.64 bits per heavy atom. The van der Waals surface area contributed by atoms with Crippen LogP contribution in [0, 0.1) is 19.8 Å². The molecule has 0 aliphatic heterocycles. The van der Waals surface area contributed by atoms with Gasteiger partial charge in [-0.25, -0.2) is 0 Å². The van der Waals surface area contributed by atoms with Crippen LogP contribution in [0.2, 0.25) is 0 Å². The lowest BCUT2D eigenvalue weighted by Crippen LogP contribution is -2.46. The van der Waals surface area contributed by atoms with Gasteiger partial charge in [-0.3, -0.25) is 9.48 Å². The number of amides is 1. The fraction of sp³-hybridized carbons (Fsp3) is 0.750. The molecule has 2 atom stereocenters. The molecule has 124 valence electrons. The third-order valence-electron chi connectivity index (χ3n) is 4.44. The summed E-state index contributed by atoms with van der Waals surface area (Å²) in [6, 6.07) is 0.295. The molecule has 2 unspecified atom stereocenters. The van der Waals surface area contributed by atoms with Crippen molar-refractivity contribution in [2.45, 2.75) is 52.1 Å². The van der Waals surface area contributed by atoms with Gasteiger partial charge in [0, 0.05) is 12.6 Å². The van der Waals surface area contributed by atoms with Gasteiger partial charge < -0.3 is 10.2 Å². The van der Waals surface area contributed by atoms with Crippen molar-refractivity contribution >= 4 is 21.8 Å². The standard InChI is InChI=1S/C16H27BrN4O/c1-11-16(17)12(2)21(19-11)10-15(22)18-14-8-6-5-7-13(14)9-20(3)4/h13-14H,5-10H2,1-4H3,(H,18,22). The molecule has 1 heterocycles. The molecule has 1 aliphatic rings. The fourth-order valence-corrected chi connectivity index (χ4v) is 3.59. The summed E-state index contributed by atoms with van der Waals surface area (Å²) >= 11 is 3.50. The van der Waals surface area contributed by atoms with E-state index in [0.29, 0.717) is 18.5 Å². The summed E-state index contributed by atoms with van der Waals surface area (Å²) in [7, 11) is 4.20. The minimum atomic E-state index is 0.0637. The fourth-order valence-electron chi connectivity index (χ4n) is 3.30. The van der Waals surface area contributed by atoms with E-state index in [1.807, 2.05) is 13.8 Å². The molecule has 1 saturated carbocycles. The number of rotatable bonds is 5. The number of aromatic nitrogens is 2. The Balaban J connectivity index is 1.96. The lowest BCUT2D eigenvalue weighted by molar-refractivity contribution is -0.123. The maximum atomic E-state index is 12.4. The lowest BCUT2D eigenvalue weighted by atomic mass is 9.84. The maximum Gasteiger partial charge on any atom is 0.241 e. The molecule has 1 aromatic rings. The van der Waals surface area contributed by atoms with Crippen molar-refractivity contribution in [3.05, 3.63) is 15.9 Å². The SMILES string of the molecule is Cc1nn(CC(=O)NC2CCCCC2CN(C)C)c(C)c1Br. The van der Waals surface area contributed by atoms with Crippen molar-refractivity contribution in [3.8, 4) is 0 Å². The Labute approximate surface area is 141 Å². The first-order valence-electron chi connectivity index (χ1n) is 8.02. The summed E-state index contributed by atoms with van der Waals surface area (Å²) in [5, 5.41) is 7.65. The summed E-state index contributed by atoms with van der Waals surface area (Å²) in [6.45, 7) is 5.26. The third kappa shape index (κ3) is 4.32. The van der Waals surface area contributed by atoms with Crippen LogP contribution in [0.1, 0.15) is 37.1 Å². The van der Waals surface area contributed by atoms with Gasteiger partial charge in [-0.05, 0) is 62.6 Å². The van der Waals surface area contributed by atoms with Crippen LogP contribution in [-0.4, -0.2) is 47.3 Å². The number of nitrogens with zero attached hydrogens (tertiary/aromatic N) is 3. The molecule has 1 aromatic heterocycles. The van der Waals surface area contributed by atoms with E-state index < -0.39 is 0 Å². The molecule has 0 radical (unpaired) electrons. The predicted molar refractivity (Wildman–Crippen MR) is 91.8 cm³/mol. The smallest absolute Gasteiger partial charge is 0.241 e. The first kappa shape index (κ1) is 17.5. The average Bonchev–Trinajstić information content (AvgIpc) is 2.68. The zero-order valence-corrected chi connectivity index (χ0v) is 15.6. The van der Waals surface area contributed by atoms with Gasteiger partial charge in [0.2, 0.25) is 5.91 Å². The van der Waals surface area contributed by atoms with Crippen LogP contribution < -0.4 is 5.32 Å². The molecule has 22 heavy (non-hydrogen) atoms. The molecule has 0 saturated heterocycles. The molecule has 1 aliphatic carbocycles. The largest absolute Gasteiger partial charge is 0.351 e. The van der Waals surface area contributed by atoms with Crippen molar-refractivity contribution in [2.24, 2.45) is 5.92 Å². The zero-order chi connectivity index (χ0) is 16.3. The van der Waals surface area contributed by atoms with E-state index in [1.54, 1.807) is 4.68 Å². The molecular formula is C16H27BrN4O. The van der Waals surface area contributed by atoms with Gasteiger partial charge in [0.05, 0.1) is 15.9 Å². The highest BCUT2D eigenvalue weighted by atomic mass is 79.9. The van der Waals surface area contributed by atoms with Crippen LogP contribution in [0.25, 0.3) is 0 Å². The molecule has 1 amide bonds. The van der Waals surface area contributed by atoms with Crippen molar-refractivity contribution in [1.82, 2.24) is 20.0 Å². The lowest BCUT2D eigenvalue weighted by Gasteiger charge is -2.34. The Morgan fingerprint density at radius 1 is 1.36 bits per heavy atom. The highest BCUT2D eigenvalue weighted by Gasteiger charge is 2.27. The summed E-state index contributed by atoms with van der Waals surface area (Å²) in [5.41, 5.74) is 1.93. The number of carbonyl (C=O) groups excluding carboxylic acids is 1. The van der Waals surface area contributed by atoms with Crippen LogP contribution in [0.15, 0.2) is 4.47 Å². The van der Waals surface area contributed by atoms with Gasteiger partial charge in [-0.15, -0.1) is 0 Å². The number of carbonyl (C=O) groups is 1. The van der Waals surface area contributed by atoms with Crippen molar-refractivity contribution in [2.75, 3.05) is 20.6 Å². The molecular weight excluding hydrogens is 344 g/mol. The highest BCUT2D eigenvalue weighted by molar-refractivity contribution is 9.10. The second kappa shape index (κ2) is 7.59. The second-order valence-electron chi connectivity index (χ2n) is 6.62. The quantitative estimate of drug-likeness (QED) is 0.865. The summed E-state index contributed by atoms with van der Waals surface area (Å²) in [5.74, 6) is 0.619. The van der Waals surface area contributed by atoms with Gasteiger partial charge in [0.1, 0.15) is 6.54 Å². The van der Waals surface area contributed by atoms with E-state index in [2.05, 4.69) is 45.3 Å². The second-order valence-corrected chi connectivity index (χ2v) is 7.42. The minimum Gasteiger partial charge on any atom is -0.351 e. The number of aryl methyl sites for hydroxylation is 1. The first-order valence-corrected chi connectivity index (χ1v) is 8.81. The van der Waals surface area contributed by atoms with Gasteiger partial charge in [0.25, 0.3) is 0 Å². The Morgan fingerprint density at radius 2 is 2.05 bits per heavy atom. The molecule has 0 aromatic carbocycles. The molecule has 0 spiro atoms. The molecule has 2 rings (SSSR count). The Bertz CT molecular complexity index is 526. The van der Waals surface area contributed by atoms with Gasteiger partial charge >= 0.3 is 0 Å². The average molecular weight is 371 g/mol. The van der Waals surface area contributed by atoms with E-state index in [4.69, 9.17) is 0 Å². The summed E-state index contributed by atoms with van der Waals surface area (Å²) in [4.78, 5) is 14.6. The molecule has 6 heteroatoms. The van der Waals surface area contributed by atoms with E-state index in [1.165, 1.54) is 19.3 Å². The molecule has 1 fully saturated rings. The highest BCUT2D eigenvalue weighted by Crippen LogP contribution is 2.25. The molecule has 0 bridgehead atoms. The van der Waals surface area contributed by atoms with Crippen molar-refractivity contribution < 1.29 is 4.79 Å². The minimum absolute atomic E-state index is 0.0637. The van der Waals surface area contributed by atoms with Crippen LogP contribution in [0.5, 0.6) is 0 Å². The van der Waals surface area contributed by atoms with Gasteiger partial charge in [-0.2, -0.15) is 5.10 Å². The van der Waals surface area contributed by atoms with E-state index in [0.717, 1.165) is 28.8 Å². The van der Waals surface area contributed by atoms with Gasteiger partial charge in [-0.1, -0.05) is 12.8 Å². The zero-order valence-electron chi connectivity index (χ0n) is 14.0. The van der Waals surface area contributed by atoms with E-state index in [-0.39, 0.29) is 5.91 Å². The maximum absolute atomic E-state index is 12.4. The first-order chi connectivity index (χ1) is 10.4. The predicted octanol–water partition coefficient (Wildman–Crippen LogP) is 2.50. The normalized spacial score (nSPS) is 22.1. The molecule has 1 N–H and O–H groups in total. The summed E-state index contributed by atoms with van der Waals surface area (Å²) < 4.78 is 2.77. The van der Waals surface area contributed by atoms with Crippen LogP contribution >= 0.6 is 15.9 Å². The van der Waals surface area contributed by atoms with E-state index >= 15 is 0 Å². The topological polar surface area (TPSA) is 50.2 Å². The Hall–Kier alpha value is -0.880.